The zero-order chi connectivity index (χ0) is 14.2. The van der Waals surface area contributed by atoms with Crippen molar-refractivity contribution in [1.29, 1.82) is 0 Å². The minimum atomic E-state index is -12.1. The van der Waals surface area contributed by atoms with E-state index in [9.17, 15) is 46.3 Å². The van der Waals surface area contributed by atoms with E-state index in [1.807, 2.05) is 0 Å². The third-order valence-corrected chi connectivity index (χ3v) is 4.34. The van der Waals surface area contributed by atoms with Crippen molar-refractivity contribution >= 4 is 15.8 Å². The minimum Gasteiger partial charge on any atom is -0.182 e. The van der Waals surface area contributed by atoms with Gasteiger partial charge in [-0.1, -0.05) is 0 Å². The monoisotopic (exact) mass is 303 g/mol. The molecule has 0 aromatic heterocycles. The topological polar surface area (TPSA) is 12.4 Å². The van der Waals surface area contributed by atoms with Crippen LogP contribution in [0.5, 0.6) is 0 Å². The zero-order valence-electron chi connectivity index (χ0n) is 7.01. The predicted molar refractivity (Wildman–Crippen MR) is 35.4 cm³/mol. The number of hydrogen-bond acceptors (Lipinski definition) is 1. The van der Waals surface area contributed by atoms with Crippen molar-refractivity contribution in [3.63, 3.8) is 0 Å². The molecule has 0 atom stereocenters. The second-order valence-corrected chi connectivity index (χ2v) is 6.21. The Hall–Kier alpha value is -0.750. The summed E-state index contributed by atoms with van der Waals surface area (Å²) in [6.07, 6.45) is 0. The molecular weight excluding hydrogens is 303 g/mol. The zero-order valence-corrected chi connectivity index (χ0v) is 7.83. The highest BCUT2D eigenvalue weighted by Crippen LogP contribution is 3.10. The van der Waals surface area contributed by atoms with Crippen molar-refractivity contribution in [2.45, 2.75) is 16.6 Å². The predicted octanol–water partition coefficient (Wildman–Crippen LogP) is 4.56. The van der Waals surface area contributed by atoms with E-state index in [0.717, 1.165) is 0 Å². The van der Waals surface area contributed by atoms with Crippen LogP contribution in [0.3, 0.4) is 0 Å². The SMILES string of the molecule is FC1=NC(F)(F)C(F)(F)S(F)(F)(F)(F)C1(F)F. The van der Waals surface area contributed by atoms with Gasteiger partial charge in [-0.2, -0.15) is 35.7 Å². The molecule has 104 valence electrons. The van der Waals surface area contributed by atoms with E-state index in [-0.39, 0.29) is 0 Å². The molecule has 1 aliphatic heterocycles. The first-order valence-corrected chi connectivity index (χ1v) is 5.35. The Morgan fingerprint density at radius 3 is 1.53 bits per heavy atom. The number of hydrogen-bond donors (Lipinski definition) is 0. The molecule has 0 amide bonds. The van der Waals surface area contributed by atoms with Crippen LogP contribution in [0.2, 0.25) is 0 Å². The molecule has 0 saturated heterocycles. The molecule has 0 unspecified atom stereocenters. The number of nitrogens with zero attached hydrogens (tertiary/aromatic N) is 1. The van der Waals surface area contributed by atoms with Gasteiger partial charge in [0.25, 0.3) is 15.8 Å². The Morgan fingerprint density at radius 2 is 1.18 bits per heavy atom. The fourth-order valence-electron chi connectivity index (χ4n) is 0.831. The van der Waals surface area contributed by atoms with Gasteiger partial charge in [-0.3, -0.25) is 0 Å². The van der Waals surface area contributed by atoms with Crippen molar-refractivity contribution in [2.75, 3.05) is 0 Å². The van der Waals surface area contributed by atoms with Gasteiger partial charge in [0.15, 0.2) is 0 Å². The fraction of sp³-hybridized carbons (Fsp3) is 0.750. The quantitative estimate of drug-likeness (QED) is 0.459. The van der Waals surface area contributed by atoms with Crippen LogP contribution in [0.4, 0.5) is 46.3 Å². The van der Waals surface area contributed by atoms with Crippen LogP contribution >= 0.6 is 9.84 Å². The van der Waals surface area contributed by atoms with Crippen molar-refractivity contribution < 1.29 is 46.3 Å². The van der Waals surface area contributed by atoms with Crippen LogP contribution in [0.1, 0.15) is 0 Å². The summed E-state index contributed by atoms with van der Waals surface area (Å²) in [7, 11) is -12.1. The van der Waals surface area contributed by atoms with Gasteiger partial charge in [0.05, 0.1) is 0 Å². The van der Waals surface area contributed by atoms with Crippen molar-refractivity contribution in [3.05, 3.63) is 0 Å². The Morgan fingerprint density at radius 1 is 0.824 bits per heavy atom. The van der Waals surface area contributed by atoms with E-state index < -0.39 is 32.4 Å². The third kappa shape index (κ3) is 1.10. The molecule has 17 heavy (non-hydrogen) atoms. The molecule has 1 nitrogen and oxygen atoms in total. The van der Waals surface area contributed by atoms with E-state index in [0.29, 0.717) is 4.99 Å². The van der Waals surface area contributed by atoms with Crippen LogP contribution in [0, 0.1) is 0 Å². The summed E-state index contributed by atoms with van der Waals surface area (Å²) in [6.45, 7) is 0. The summed E-state index contributed by atoms with van der Waals surface area (Å²) in [6, 6.07) is -6.69. The van der Waals surface area contributed by atoms with Crippen molar-refractivity contribution in [3.8, 4) is 0 Å². The Labute approximate surface area is 84.7 Å². The van der Waals surface area contributed by atoms with Gasteiger partial charge in [-0.05, 0) is 0 Å². The van der Waals surface area contributed by atoms with E-state index >= 15 is 0 Å². The normalized spacial score (nSPS) is 38.9. The Bertz CT molecular complexity index is 413. The first kappa shape index (κ1) is 14.3. The standard InChI is InChI=1S/C4F11NS/c5-1-2(6,7)17(12,13,14,15)4(10,11)3(8,9)16-1. The van der Waals surface area contributed by atoms with Gasteiger partial charge >= 0.3 is 16.6 Å². The average Bonchev–Trinajstić information content (AvgIpc) is 1.98. The van der Waals surface area contributed by atoms with Gasteiger partial charge in [0, 0.05) is 0 Å². The molecule has 0 aliphatic carbocycles. The summed E-state index contributed by atoms with van der Waals surface area (Å²) >= 11 is 0. The van der Waals surface area contributed by atoms with E-state index in [1.54, 1.807) is 0 Å². The van der Waals surface area contributed by atoms with Gasteiger partial charge in [-0.25, -0.2) is 0 Å². The van der Waals surface area contributed by atoms with Crippen molar-refractivity contribution in [1.82, 2.24) is 0 Å². The number of halogens is 11. The maximum atomic E-state index is 12.4. The number of aliphatic imine (C=N–C) groups is 1. The maximum absolute atomic E-state index is 12.4. The lowest BCUT2D eigenvalue weighted by Gasteiger charge is -2.58. The maximum Gasteiger partial charge on any atom is 0.444 e. The van der Waals surface area contributed by atoms with Crippen LogP contribution in [-0.4, -0.2) is 22.5 Å². The Kier molecular flexibility index (Phi) is 1.98. The molecule has 0 bridgehead atoms. The van der Waals surface area contributed by atoms with Crippen LogP contribution in [0.25, 0.3) is 0 Å². The summed E-state index contributed by atoms with van der Waals surface area (Å²) in [5, 5.41) is -15.2. The van der Waals surface area contributed by atoms with Crippen LogP contribution in [-0.2, 0) is 0 Å². The highest BCUT2D eigenvalue weighted by atomic mass is 32.5. The largest absolute Gasteiger partial charge is 0.444 e. The first-order chi connectivity index (χ1) is 6.92. The summed E-state index contributed by atoms with van der Waals surface area (Å²) in [5.41, 5.74) is 0. The second kappa shape index (κ2) is 2.36. The molecule has 1 rings (SSSR count). The Balaban J connectivity index is 3.91. The molecule has 13 heteroatoms. The van der Waals surface area contributed by atoms with E-state index in [2.05, 4.69) is 0 Å². The second-order valence-electron chi connectivity index (χ2n) is 3.05. The molecule has 1 aliphatic rings. The molecule has 0 N–H and O–H groups in total. The molecule has 0 fully saturated rings. The smallest absolute Gasteiger partial charge is 0.182 e. The van der Waals surface area contributed by atoms with Gasteiger partial charge in [-0.15, -0.1) is 15.5 Å². The van der Waals surface area contributed by atoms with Gasteiger partial charge in [0.2, 0.25) is 0 Å². The third-order valence-electron chi connectivity index (χ3n) is 1.86. The van der Waals surface area contributed by atoms with Gasteiger partial charge < -0.3 is 0 Å². The summed E-state index contributed by atoms with van der Waals surface area (Å²) in [5.74, 6) is -4.25. The molecule has 0 saturated carbocycles. The lowest BCUT2D eigenvalue weighted by Crippen LogP contribution is -2.63. The van der Waals surface area contributed by atoms with Gasteiger partial charge in [0.1, 0.15) is 0 Å². The van der Waals surface area contributed by atoms with E-state index in [4.69, 9.17) is 0 Å². The molecule has 0 spiro atoms. The summed E-state index contributed by atoms with van der Waals surface area (Å²) < 4.78 is 135. The average molecular weight is 303 g/mol. The number of alkyl halides is 6. The van der Waals surface area contributed by atoms with Crippen LogP contribution < -0.4 is 0 Å². The lowest BCUT2D eigenvalue weighted by molar-refractivity contribution is -0.177. The van der Waals surface area contributed by atoms with E-state index in [1.165, 1.54) is 0 Å². The first-order valence-electron chi connectivity index (χ1n) is 3.30. The van der Waals surface area contributed by atoms with Crippen molar-refractivity contribution in [2.24, 2.45) is 4.99 Å². The molecule has 0 aromatic rings. The number of rotatable bonds is 0. The van der Waals surface area contributed by atoms with Crippen LogP contribution in [0.15, 0.2) is 4.99 Å². The minimum absolute atomic E-state index is 0.592. The molecular formula is C4F11NS. The molecule has 1 heterocycles. The highest BCUT2D eigenvalue weighted by Gasteiger charge is 3.03. The molecule has 0 radical (unpaired) electrons. The molecule has 0 aromatic carbocycles. The summed E-state index contributed by atoms with van der Waals surface area (Å²) in [4.78, 5) is 0.592. The highest BCUT2D eigenvalue weighted by molar-refractivity contribution is 8.51. The lowest BCUT2D eigenvalue weighted by atomic mass is 10.5. The fourth-order valence-corrected chi connectivity index (χ4v) is 2.08.